The Morgan fingerprint density at radius 1 is 1.73 bits per heavy atom. The maximum atomic E-state index is 5.41. The lowest BCUT2D eigenvalue weighted by Crippen LogP contribution is -2.09. The summed E-state index contributed by atoms with van der Waals surface area (Å²) in [5.74, 6) is 1.03. The van der Waals surface area contributed by atoms with E-state index in [0.717, 1.165) is 18.8 Å². The number of aromatic nitrogens is 2. The first kappa shape index (κ1) is 8.01. The van der Waals surface area contributed by atoms with Gasteiger partial charge in [-0.25, -0.2) is 4.98 Å². The molecule has 0 fully saturated rings. The van der Waals surface area contributed by atoms with Crippen molar-refractivity contribution >= 4 is 0 Å². The van der Waals surface area contributed by atoms with Gasteiger partial charge < -0.3 is 10.3 Å². The lowest BCUT2D eigenvalue weighted by Gasteiger charge is -2.01. The van der Waals surface area contributed by atoms with E-state index in [1.807, 2.05) is 16.8 Å². The molecule has 0 aliphatic heterocycles. The SMILES string of the molecule is C=CCn1ccnc1CCN. The van der Waals surface area contributed by atoms with Gasteiger partial charge in [-0.2, -0.15) is 0 Å². The molecule has 0 saturated carbocycles. The van der Waals surface area contributed by atoms with E-state index in [1.54, 1.807) is 6.20 Å². The van der Waals surface area contributed by atoms with Crippen molar-refractivity contribution in [1.82, 2.24) is 9.55 Å². The molecule has 0 saturated heterocycles. The predicted octanol–water partition coefficient (Wildman–Crippen LogP) is 0.570. The number of imidazole rings is 1. The summed E-state index contributed by atoms with van der Waals surface area (Å²) in [6.45, 7) is 5.12. The van der Waals surface area contributed by atoms with Crippen molar-refractivity contribution in [3.63, 3.8) is 0 Å². The zero-order valence-corrected chi connectivity index (χ0v) is 6.53. The molecule has 3 nitrogen and oxygen atoms in total. The average Bonchev–Trinajstić information content (AvgIpc) is 2.39. The average molecular weight is 151 g/mol. The van der Waals surface area contributed by atoms with Crippen LogP contribution in [-0.4, -0.2) is 16.1 Å². The number of nitrogens with two attached hydrogens (primary N) is 1. The molecule has 3 heteroatoms. The van der Waals surface area contributed by atoms with Gasteiger partial charge in [0.2, 0.25) is 0 Å². The first-order valence-electron chi connectivity index (χ1n) is 3.69. The number of hydrogen-bond acceptors (Lipinski definition) is 2. The van der Waals surface area contributed by atoms with Crippen LogP contribution < -0.4 is 5.73 Å². The minimum Gasteiger partial charge on any atom is -0.331 e. The molecule has 1 rings (SSSR count). The Kier molecular flexibility index (Phi) is 2.86. The smallest absolute Gasteiger partial charge is 0.110 e. The van der Waals surface area contributed by atoms with Crippen LogP contribution in [0.15, 0.2) is 25.0 Å². The van der Waals surface area contributed by atoms with Gasteiger partial charge in [-0.15, -0.1) is 6.58 Å². The highest BCUT2D eigenvalue weighted by molar-refractivity contribution is 4.94. The van der Waals surface area contributed by atoms with E-state index in [1.165, 1.54) is 0 Å². The van der Waals surface area contributed by atoms with E-state index in [-0.39, 0.29) is 0 Å². The third-order valence-corrected chi connectivity index (χ3v) is 1.50. The lowest BCUT2D eigenvalue weighted by molar-refractivity contribution is 0.730. The maximum absolute atomic E-state index is 5.41. The fourth-order valence-corrected chi connectivity index (χ4v) is 1.00. The summed E-state index contributed by atoms with van der Waals surface area (Å²) < 4.78 is 2.04. The van der Waals surface area contributed by atoms with E-state index in [2.05, 4.69) is 11.6 Å². The van der Waals surface area contributed by atoms with Crippen LogP contribution in [0.3, 0.4) is 0 Å². The van der Waals surface area contributed by atoms with Crippen molar-refractivity contribution in [3.05, 3.63) is 30.9 Å². The highest BCUT2D eigenvalue weighted by Gasteiger charge is 1.97. The van der Waals surface area contributed by atoms with Crippen molar-refractivity contribution in [2.45, 2.75) is 13.0 Å². The van der Waals surface area contributed by atoms with Crippen LogP contribution in [0.2, 0.25) is 0 Å². The summed E-state index contributed by atoms with van der Waals surface area (Å²) in [4.78, 5) is 4.16. The Labute approximate surface area is 66.5 Å². The van der Waals surface area contributed by atoms with E-state index < -0.39 is 0 Å². The van der Waals surface area contributed by atoms with Gasteiger partial charge in [0.05, 0.1) is 0 Å². The second kappa shape index (κ2) is 3.93. The Hall–Kier alpha value is -1.09. The van der Waals surface area contributed by atoms with Gasteiger partial charge >= 0.3 is 0 Å². The summed E-state index contributed by atoms with van der Waals surface area (Å²) in [7, 11) is 0. The van der Waals surface area contributed by atoms with Crippen molar-refractivity contribution in [1.29, 1.82) is 0 Å². The first-order valence-corrected chi connectivity index (χ1v) is 3.69. The summed E-state index contributed by atoms with van der Waals surface area (Å²) in [6, 6.07) is 0. The molecule has 0 aliphatic carbocycles. The third kappa shape index (κ3) is 1.91. The number of nitrogens with zero attached hydrogens (tertiary/aromatic N) is 2. The quantitative estimate of drug-likeness (QED) is 0.639. The van der Waals surface area contributed by atoms with Crippen LogP contribution in [0.1, 0.15) is 5.82 Å². The normalized spacial score (nSPS) is 9.91. The second-order valence-electron chi connectivity index (χ2n) is 2.32. The minimum atomic E-state index is 0.647. The molecule has 0 aromatic carbocycles. The van der Waals surface area contributed by atoms with E-state index in [9.17, 15) is 0 Å². The van der Waals surface area contributed by atoms with Gasteiger partial charge in [-0.3, -0.25) is 0 Å². The molecule has 0 unspecified atom stereocenters. The topological polar surface area (TPSA) is 43.8 Å². The molecule has 1 aromatic heterocycles. The maximum Gasteiger partial charge on any atom is 0.110 e. The van der Waals surface area contributed by atoms with E-state index in [4.69, 9.17) is 5.73 Å². The highest BCUT2D eigenvalue weighted by atomic mass is 15.1. The van der Waals surface area contributed by atoms with Crippen LogP contribution in [0.5, 0.6) is 0 Å². The van der Waals surface area contributed by atoms with Crippen molar-refractivity contribution < 1.29 is 0 Å². The zero-order valence-electron chi connectivity index (χ0n) is 6.53. The van der Waals surface area contributed by atoms with Crippen LogP contribution in [0, 0.1) is 0 Å². The first-order chi connectivity index (χ1) is 5.38. The fourth-order valence-electron chi connectivity index (χ4n) is 1.00. The summed E-state index contributed by atoms with van der Waals surface area (Å²) >= 11 is 0. The molecule has 0 amide bonds. The standard InChI is InChI=1S/C8H13N3/c1-2-6-11-7-5-10-8(11)3-4-9/h2,5,7H,1,3-4,6,9H2. The third-order valence-electron chi connectivity index (χ3n) is 1.50. The van der Waals surface area contributed by atoms with Crippen molar-refractivity contribution in [2.24, 2.45) is 5.73 Å². The molecule has 0 atom stereocenters. The van der Waals surface area contributed by atoms with Gasteiger partial charge in [-0.05, 0) is 6.54 Å². The van der Waals surface area contributed by atoms with E-state index in [0.29, 0.717) is 6.54 Å². The molecule has 60 valence electrons. The Morgan fingerprint density at radius 2 is 2.55 bits per heavy atom. The van der Waals surface area contributed by atoms with Crippen LogP contribution in [0.4, 0.5) is 0 Å². The molecule has 2 N–H and O–H groups in total. The Bertz CT molecular complexity index is 227. The van der Waals surface area contributed by atoms with Gasteiger partial charge in [0, 0.05) is 25.4 Å². The van der Waals surface area contributed by atoms with Crippen LogP contribution in [-0.2, 0) is 13.0 Å². The summed E-state index contributed by atoms with van der Waals surface area (Å²) in [6.07, 6.45) is 6.41. The molecule has 11 heavy (non-hydrogen) atoms. The largest absolute Gasteiger partial charge is 0.331 e. The number of hydrogen-bond donors (Lipinski definition) is 1. The molecule has 0 radical (unpaired) electrons. The Morgan fingerprint density at radius 3 is 3.18 bits per heavy atom. The van der Waals surface area contributed by atoms with Gasteiger partial charge in [0.25, 0.3) is 0 Å². The summed E-state index contributed by atoms with van der Waals surface area (Å²) in [5, 5.41) is 0. The van der Waals surface area contributed by atoms with Crippen LogP contribution >= 0.6 is 0 Å². The zero-order chi connectivity index (χ0) is 8.10. The molecule has 0 aliphatic rings. The molecule has 1 aromatic rings. The fraction of sp³-hybridized carbons (Fsp3) is 0.375. The predicted molar refractivity (Wildman–Crippen MR) is 45.2 cm³/mol. The second-order valence-corrected chi connectivity index (χ2v) is 2.32. The Balaban J connectivity index is 2.69. The van der Waals surface area contributed by atoms with Crippen molar-refractivity contribution in [3.8, 4) is 0 Å². The molecule has 0 bridgehead atoms. The molecular weight excluding hydrogens is 138 g/mol. The van der Waals surface area contributed by atoms with Gasteiger partial charge in [0.15, 0.2) is 0 Å². The van der Waals surface area contributed by atoms with Crippen LogP contribution in [0.25, 0.3) is 0 Å². The number of allylic oxidation sites excluding steroid dienone is 1. The van der Waals surface area contributed by atoms with Gasteiger partial charge in [-0.1, -0.05) is 6.08 Å². The number of rotatable bonds is 4. The highest BCUT2D eigenvalue weighted by Crippen LogP contribution is 1.97. The van der Waals surface area contributed by atoms with Crippen molar-refractivity contribution in [2.75, 3.05) is 6.54 Å². The molecule has 1 heterocycles. The minimum absolute atomic E-state index is 0.647. The van der Waals surface area contributed by atoms with Gasteiger partial charge in [0.1, 0.15) is 5.82 Å². The van der Waals surface area contributed by atoms with E-state index >= 15 is 0 Å². The monoisotopic (exact) mass is 151 g/mol. The lowest BCUT2D eigenvalue weighted by atomic mass is 10.4. The summed E-state index contributed by atoms with van der Waals surface area (Å²) in [5.41, 5.74) is 5.41. The molecular formula is C8H13N3. The molecule has 0 spiro atoms.